The summed E-state index contributed by atoms with van der Waals surface area (Å²) in [7, 11) is 0. The van der Waals surface area contributed by atoms with Gasteiger partial charge < -0.3 is 0 Å². The minimum Gasteiger partial charge on any atom is -0.0914 e. The Bertz CT molecular complexity index is 306. The molecule has 1 heterocycles. The van der Waals surface area contributed by atoms with Crippen LogP contribution in [-0.4, -0.2) is 0 Å². The first-order valence-electron chi connectivity index (χ1n) is 5.01. The molecule has 0 aliphatic carbocycles. The van der Waals surface area contributed by atoms with Crippen LogP contribution in [0.15, 0.2) is 71.6 Å². The molecule has 0 aromatic carbocycles. The standard InChI is InChI=1S/C14H16S/c1-13-11-9-7-5-3-4-6-8-10-12-14(2)15-13/h5-12H,1-4H2/b7-5-,8-6-,11-9-,12-10-. The summed E-state index contributed by atoms with van der Waals surface area (Å²) in [4.78, 5) is 2.02. The fourth-order valence-corrected chi connectivity index (χ4v) is 1.73. The van der Waals surface area contributed by atoms with Crippen molar-refractivity contribution >= 4 is 11.8 Å². The van der Waals surface area contributed by atoms with Gasteiger partial charge in [0.15, 0.2) is 0 Å². The van der Waals surface area contributed by atoms with E-state index in [4.69, 9.17) is 0 Å². The fraction of sp³-hybridized carbons (Fsp3) is 0.143. The summed E-state index contributed by atoms with van der Waals surface area (Å²) < 4.78 is 0. The maximum atomic E-state index is 3.95. The van der Waals surface area contributed by atoms with Gasteiger partial charge in [0.1, 0.15) is 0 Å². The van der Waals surface area contributed by atoms with E-state index >= 15 is 0 Å². The number of rotatable bonds is 0. The number of hydrogen-bond donors (Lipinski definition) is 0. The molecule has 15 heavy (non-hydrogen) atoms. The third kappa shape index (κ3) is 5.97. The minimum absolute atomic E-state index is 1.01. The van der Waals surface area contributed by atoms with E-state index in [2.05, 4.69) is 37.5 Å². The highest BCUT2D eigenvalue weighted by Crippen LogP contribution is 2.24. The molecule has 0 spiro atoms. The smallest absolute Gasteiger partial charge is 0.00497 e. The van der Waals surface area contributed by atoms with Gasteiger partial charge in [-0.3, -0.25) is 0 Å². The molecule has 0 atom stereocenters. The van der Waals surface area contributed by atoms with E-state index in [9.17, 15) is 0 Å². The van der Waals surface area contributed by atoms with E-state index in [1.165, 1.54) is 0 Å². The largest absolute Gasteiger partial charge is 0.0914 e. The van der Waals surface area contributed by atoms with Gasteiger partial charge >= 0.3 is 0 Å². The van der Waals surface area contributed by atoms with Gasteiger partial charge in [0.05, 0.1) is 0 Å². The molecule has 0 nitrogen and oxygen atoms in total. The van der Waals surface area contributed by atoms with E-state index in [0.29, 0.717) is 0 Å². The highest BCUT2D eigenvalue weighted by Gasteiger charge is 1.91. The Labute approximate surface area is 96.5 Å². The lowest BCUT2D eigenvalue weighted by molar-refractivity contribution is 1.05. The summed E-state index contributed by atoms with van der Waals surface area (Å²) in [5.74, 6) is 0. The fourth-order valence-electron chi connectivity index (χ4n) is 1.10. The second-order valence-electron chi connectivity index (χ2n) is 3.19. The van der Waals surface area contributed by atoms with Gasteiger partial charge in [-0.15, -0.1) is 0 Å². The molecule has 0 radical (unpaired) electrons. The van der Waals surface area contributed by atoms with Crippen LogP contribution < -0.4 is 0 Å². The molecule has 0 aromatic heterocycles. The van der Waals surface area contributed by atoms with Gasteiger partial charge in [-0.05, 0) is 25.0 Å². The number of allylic oxidation sites excluding steroid dienone is 8. The van der Waals surface area contributed by atoms with E-state index < -0.39 is 0 Å². The van der Waals surface area contributed by atoms with E-state index in [1.54, 1.807) is 11.8 Å². The van der Waals surface area contributed by atoms with Gasteiger partial charge in [0.2, 0.25) is 0 Å². The molecule has 0 N–H and O–H groups in total. The zero-order valence-corrected chi connectivity index (χ0v) is 9.67. The lowest BCUT2D eigenvalue weighted by Crippen LogP contribution is -1.68. The summed E-state index contributed by atoms with van der Waals surface area (Å²) in [6, 6.07) is 0. The predicted octanol–water partition coefficient (Wildman–Crippen LogP) is 4.77. The minimum atomic E-state index is 1.01. The first-order valence-corrected chi connectivity index (χ1v) is 5.83. The van der Waals surface area contributed by atoms with Crippen LogP contribution in [0, 0.1) is 0 Å². The molecular weight excluding hydrogens is 200 g/mol. The summed E-state index contributed by atoms with van der Waals surface area (Å²) in [5, 5.41) is 0. The van der Waals surface area contributed by atoms with Crippen LogP contribution in [0.4, 0.5) is 0 Å². The average Bonchev–Trinajstić information content (AvgIpc) is 2.21. The number of hydrogen-bond acceptors (Lipinski definition) is 1. The van der Waals surface area contributed by atoms with E-state index in [-0.39, 0.29) is 0 Å². The average molecular weight is 216 g/mol. The van der Waals surface area contributed by atoms with Gasteiger partial charge in [0, 0.05) is 9.81 Å². The van der Waals surface area contributed by atoms with Crippen molar-refractivity contribution in [3.63, 3.8) is 0 Å². The second-order valence-corrected chi connectivity index (χ2v) is 4.44. The third-order valence-corrected chi connectivity index (χ3v) is 2.62. The Morgan fingerprint density at radius 2 is 1.27 bits per heavy atom. The van der Waals surface area contributed by atoms with Crippen molar-refractivity contribution in [2.45, 2.75) is 12.8 Å². The highest BCUT2D eigenvalue weighted by atomic mass is 32.2. The predicted molar refractivity (Wildman–Crippen MR) is 71.7 cm³/mol. The van der Waals surface area contributed by atoms with Crippen LogP contribution in [-0.2, 0) is 0 Å². The molecule has 0 amide bonds. The van der Waals surface area contributed by atoms with Crippen LogP contribution >= 0.6 is 11.8 Å². The van der Waals surface area contributed by atoms with Crippen molar-refractivity contribution in [3.05, 3.63) is 71.6 Å². The van der Waals surface area contributed by atoms with Crippen molar-refractivity contribution in [1.82, 2.24) is 0 Å². The van der Waals surface area contributed by atoms with Crippen LogP contribution in [0.2, 0.25) is 0 Å². The summed E-state index contributed by atoms with van der Waals surface area (Å²) in [6.07, 6.45) is 18.7. The Morgan fingerprint density at radius 1 is 0.800 bits per heavy atom. The topological polar surface area (TPSA) is 0 Å². The Morgan fingerprint density at radius 3 is 1.73 bits per heavy atom. The Balaban J connectivity index is 2.68. The molecule has 1 aliphatic heterocycles. The summed E-state index contributed by atoms with van der Waals surface area (Å²) in [6.45, 7) is 7.89. The zero-order valence-electron chi connectivity index (χ0n) is 8.86. The van der Waals surface area contributed by atoms with Crippen molar-refractivity contribution in [2.24, 2.45) is 0 Å². The van der Waals surface area contributed by atoms with Gasteiger partial charge in [-0.1, -0.05) is 61.4 Å². The maximum Gasteiger partial charge on any atom is 0.00497 e. The van der Waals surface area contributed by atoms with Crippen LogP contribution in [0.1, 0.15) is 12.8 Å². The molecule has 0 saturated heterocycles. The first kappa shape index (κ1) is 11.9. The third-order valence-electron chi connectivity index (χ3n) is 1.82. The Hall–Kier alpha value is -1.21. The lowest BCUT2D eigenvalue weighted by Gasteiger charge is -1.97. The Kier molecular flexibility index (Phi) is 5.64. The highest BCUT2D eigenvalue weighted by molar-refractivity contribution is 8.07. The zero-order chi connectivity index (χ0) is 10.9. The molecule has 78 valence electrons. The molecule has 1 heteroatoms. The molecule has 1 aliphatic rings. The normalized spacial score (nSPS) is 26.9. The quantitative estimate of drug-likeness (QED) is 0.562. The molecule has 0 aromatic rings. The summed E-state index contributed by atoms with van der Waals surface area (Å²) in [5.41, 5.74) is 0. The molecule has 0 fully saturated rings. The summed E-state index contributed by atoms with van der Waals surface area (Å²) >= 11 is 1.59. The first-order chi connectivity index (χ1) is 7.29. The van der Waals surface area contributed by atoms with Gasteiger partial charge in [-0.2, -0.15) is 0 Å². The van der Waals surface area contributed by atoms with Crippen LogP contribution in [0.5, 0.6) is 0 Å². The van der Waals surface area contributed by atoms with Crippen LogP contribution in [0.3, 0.4) is 0 Å². The molecular formula is C14H16S. The molecule has 0 bridgehead atoms. The van der Waals surface area contributed by atoms with Gasteiger partial charge in [-0.25, -0.2) is 0 Å². The maximum absolute atomic E-state index is 3.95. The van der Waals surface area contributed by atoms with Crippen molar-refractivity contribution < 1.29 is 0 Å². The monoisotopic (exact) mass is 216 g/mol. The molecule has 0 saturated carbocycles. The SMILES string of the molecule is C=C1/C=C\C=C/CC/C=C\C=C/C(=C)S1. The van der Waals surface area contributed by atoms with Gasteiger partial charge in [0.25, 0.3) is 0 Å². The van der Waals surface area contributed by atoms with Crippen molar-refractivity contribution in [3.8, 4) is 0 Å². The molecule has 1 rings (SSSR count). The lowest BCUT2D eigenvalue weighted by atomic mass is 10.2. The van der Waals surface area contributed by atoms with E-state index in [1.807, 2.05) is 24.3 Å². The van der Waals surface area contributed by atoms with Crippen LogP contribution in [0.25, 0.3) is 0 Å². The van der Waals surface area contributed by atoms with Crippen molar-refractivity contribution in [1.29, 1.82) is 0 Å². The number of thioether (sulfide) groups is 1. The van der Waals surface area contributed by atoms with E-state index in [0.717, 1.165) is 22.7 Å². The molecule has 0 unspecified atom stereocenters. The van der Waals surface area contributed by atoms with Crippen molar-refractivity contribution in [2.75, 3.05) is 0 Å². The second kappa shape index (κ2) is 7.13.